The predicted molar refractivity (Wildman–Crippen MR) is 33.4 cm³/mol. The van der Waals surface area contributed by atoms with Gasteiger partial charge in [0.25, 0.3) is 0 Å². The first-order valence-corrected chi connectivity index (χ1v) is 4.72. The minimum atomic E-state index is -0.661. The number of rotatable bonds is 4. The van der Waals surface area contributed by atoms with Crippen LogP contribution >= 0.6 is 0 Å². The van der Waals surface area contributed by atoms with E-state index in [1.54, 1.807) is 12.1 Å². The van der Waals surface area contributed by atoms with Gasteiger partial charge >= 0.3 is 75.6 Å². The first-order valence-electron chi connectivity index (χ1n) is 2.76. The molecule has 0 atom stereocenters. The van der Waals surface area contributed by atoms with Gasteiger partial charge in [0.15, 0.2) is 0 Å². The predicted octanol–water partition coefficient (Wildman–Crippen LogP) is -3.07. The molecular formula is C5H6IN4O-. The van der Waals surface area contributed by atoms with Crippen LogP contribution in [0, 0.1) is 22.7 Å². The molecule has 0 bridgehead atoms. The molecule has 0 radical (unpaired) electrons. The summed E-state index contributed by atoms with van der Waals surface area (Å²) >= 11 is -0.661. The number of halogens is 1. The van der Waals surface area contributed by atoms with Crippen LogP contribution in [-0.4, -0.2) is 12.3 Å². The Balaban J connectivity index is 3.58. The third-order valence-electron chi connectivity index (χ3n) is 0.560. The first kappa shape index (κ1) is 10.1. The van der Waals surface area contributed by atoms with Crippen LogP contribution in [0.15, 0.2) is 5.16 Å². The van der Waals surface area contributed by atoms with E-state index < -0.39 is 21.9 Å². The first-order chi connectivity index (χ1) is 5.35. The fourth-order valence-electron chi connectivity index (χ4n) is 0.197. The topological polar surface area (TPSA) is 81.2 Å². The van der Waals surface area contributed by atoms with Gasteiger partial charge in [-0.25, -0.2) is 0 Å². The summed E-state index contributed by atoms with van der Waals surface area (Å²) in [6, 6.07) is 3.16. The van der Waals surface area contributed by atoms with Crippen LogP contribution in [0.5, 0.6) is 0 Å². The van der Waals surface area contributed by atoms with Crippen molar-refractivity contribution in [1.29, 1.82) is 10.5 Å². The maximum atomic E-state index is 8.19. The molecule has 0 saturated heterocycles. The van der Waals surface area contributed by atoms with Crippen molar-refractivity contribution < 1.29 is 25.1 Å². The van der Waals surface area contributed by atoms with Crippen LogP contribution in [-0.2, 0) is 3.17 Å². The molecule has 0 aliphatic carbocycles. The Morgan fingerprint density at radius 2 is 2.27 bits per heavy atom. The monoisotopic (exact) mass is 265 g/mol. The average Bonchev–Trinajstić information content (AvgIpc) is 2.05. The molecule has 1 N–H and O–H groups in total. The molecule has 0 aliphatic rings. The molecule has 0 aromatic rings. The van der Waals surface area contributed by atoms with Crippen molar-refractivity contribution in [2.24, 2.45) is 5.16 Å². The fraction of sp³-hybridized carbons (Fsp3) is 0.400. The second-order valence-corrected chi connectivity index (χ2v) is 2.89. The van der Waals surface area contributed by atoms with Crippen molar-refractivity contribution in [3.63, 3.8) is 0 Å². The van der Waals surface area contributed by atoms with E-state index in [4.69, 9.17) is 10.5 Å². The minimum absolute atomic E-state index is 0.248. The van der Waals surface area contributed by atoms with Crippen LogP contribution in [0.3, 0.4) is 0 Å². The zero-order valence-corrected chi connectivity index (χ0v) is 7.99. The van der Waals surface area contributed by atoms with E-state index in [1.165, 1.54) is 0 Å². The number of nitrogens with zero attached hydrogens (tertiary/aromatic N) is 3. The summed E-state index contributed by atoms with van der Waals surface area (Å²) < 4.78 is 7.57. The van der Waals surface area contributed by atoms with Gasteiger partial charge in [-0.05, 0) is 0 Å². The van der Waals surface area contributed by atoms with Gasteiger partial charge in [-0.3, -0.25) is 0 Å². The van der Waals surface area contributed by atoms with E-state index in [-0.39, 0.29) is 5.71 Å². The molecule has 0 aliphatic heterocycles. The molecule has 0 unspecified atom stereocenters. The van der Waals surface area contributed by atoms with Crippen LogP contribution in [0.2, 0.25) is 0 Å². The summed E-state index contributed by atoms with van der Waals surface area (Å²) in [4.78, 5) is 0. The van der Waals surface area contributed by atoms with E-state index in [1.807, 2.05) is 6.92 Å². The third-order valence-corrected chi connectivity index (χ3v) is 2.03. The Bertz CT molecular complexity index is 198. The van der Waals surface area contributed by atoms with Crippen LogP contribution in [0.4, 0.5) is 0 Å². The molecule has 5 nitrogen and oxygen atoms in total. The normalized spacial score (nSPS) is 7.91. The van der Waals surface area contributed by atoms with E-state index >= 15 is 0 Å². The van der Waals surface area contributed by atoms with Gasteiger partial charge in [-0.1, -0.05) is 0 Å². The second-order valence-electron chi connectivity index (χ2n) is 1.30. The van der Waals surface area contributed by atoms with Crippen LogP contribution < -0.4 is 25.4 Å². The van der Waals surface area contributed by atoms with Gasteiger partial charge in [0.1, 0.15) is 0 Å². The summed E-state index contributed by atoms with van der Waals surface area (Å²) in [5.41, 5.74) is -0.248. The molecule has 0 saturated carbocycles. The van der Waals surface area contributed by atoms with E-state index in [2.05, 4.69) is 11.9 Å². The standard InChI is InChI=1S/C5H6IN4O/c1-2-9-6-11-10-5(3-7)4-8/h9H,2H2,1H3/q-1. The van der Waals surface area contributed by atoms with Gasteiger partial charge in [0.05, 0.1) is 0 Å². The van der Waals surface area contributed by atoms with Gasteiger partial charge in [-0.2, -0.15) is 0 Å². The quantitative estimate of drug-likeness (QED) is 0.192. The Kier molecular flexibility index (Phi) is 6.68. The zero-order valence-electron chi connectivity index (χ0n) is 5.83. The molecule has 0 aromatic carbocycles. The molecule has 0 aromatic heterocycles. The molecule has 11 heavy (non-hydrogen) atoms. The summed E-state index contributed by atoms with van der Waals surface area (Å²) in [5, 5.41) is 19.7. The van der Waals surface area contributed by atoms with Crippen molar-refractivity contribution >= 4 is 5.71 Å². The van der Waals surface area contributed by atoms with Gasteiger partial charge < -0.3 is 0 Å². The van der Waals surface area contributed by atoms with Crippen molar-refractivity contribution in [3.8, 4) is 12.1 Å². The Hall–Kier alpha value is -0.860. The van der Waals surface area contributed by atoms with Gasteiger partial charge in [-0.15, -0.1) is 0 Å². The van der Waals surface area contributed by atoms with Crippen LogP contribution in [0.25, 0.3) is 0 Å². The molecule has 6 heteroatoms. The number of hydrogen-bond donors (Lipinski definition) is 1. The van der Waals surface area contributed by atoms with Crippen LogP contribution in [0.1, 0.15) is 6.92 Å². The van der Waals surface area contributed by atoms with Crippen molar-refractivity contribution in [2.45, 2.75) is 6.92 Å². The third kappa shape index (κ3) is 5.58. The van der Waals surface area contributed by atoms with Gasteiger partial charge in [0.2, 0.25) is 0 Å². The molecular weight excluding hydrogens is 259 g/mol. The van der Waals surface area contributed by atoms with Crippen molar-refractivity contribution in [2.75, 3.05) is 6.54 Å². The van der Waals surface area contributed by atoms with Crippen molar-refractivity contribution in [3.05, 3.63) is 0 Å². The average molecular weight is 265 g/mol. The van der Waals surface area contributed by atoms with E-state index in [9.17, 15) is 0 Å². The second kappa shape index (κ2) is 7.25. The van der Waals surface area contributed by atoms with Gasteiger partial charge in [0, 0.05) is 0 Å². The summed E-state index contributed by atoms with van der Waals surface area (Å²) in [6.07, 6.45) is 0. The maximum absolute atomic E-state index is 8.19. The summed E-state index contributed by atoms with van der Waals surface area (Å²) in [7, 11) is 0. The number of hydrogen-bond acceptors (Lipinski definition) is 5. The Morgan fingerprint density at radius 1 is 1.64 bits per heavy atom. The summed E-state index contributed by atoms with van der Waals surface area (Å²) in [5.74, 6) is 0. The van der Waals surface area contributed by atoms with E-state index in [0.717, 1.165) is 6.54 Å². The van der Waals surface area contributed by atoms with Crippen molar-refractivity contribution in [1.82, 2.24) is 3.53 Å². The number of nitrogens with one attached hydrogen (secondary N) is 1. The molecule has 0 spiro atoms. The molecule has 0 amide bonds. The molecule has 0 rings (SSSR count). The fourth-order valence-corrected chi connectivity index (χ4v) is 0.943. The van der Waals surface area contributed by atoms with E-state index in [0.29, 0.717) is 0 Å². The molecule has 60 valence electrons. The Labute approximate surface area is 75.8 Å². The molecule has 0 heterocycles. The number of oxime groups is 1. The number of nitriles is 2. The SMILES string of the molecule is CCN[I-]ON=C(C#N)C#N. The zero-order chi connectivity index (χ0) is 8.53. The molecule has 0 fully saturated rings. The Morgan fingerprint density at radius 3 is 2.73 bits per heavy atom. The summed E-state index contributed by atoms with van der Waals surface area (Å²) in [6.45, 7) is 2.74.